The summed E-state index contributed by atoms with van der Waals surface area (Å²) in [5.74, 6) is 1.44. The van der Waals surface area contributed by atoms with Crippen LogP contribution in [-0.4, -0.2) is 16.3 Å². The van der Waals surface area contributed by atoms with Crippen LogP contribution in [0.5, 0.6) is 0 Å². The van der Waals surface area contributed by atoms with Crippen molar-refractivity contribution in [2.24, 2.45) is 24.6 Å². The molecule has 2 N–H and O–H groups in total. The van der Waals surface area contributed by atoms with Gasteiger partial charge in [0.15, 0.2) is 0 Å². The molecule has 18 heavy (non-hydrogen) atoms. The molecular weight excluding hydrogens is 290 g/mol. The number of hydrogen-bond donors (Lipinski definition) is 1. The van der Waals surface area contributed by atoms with Crippen LogP contribution in [0.1, 0.15) is 44.0 Å². The third kappa shape index (κ3) is 2.80. The van der Waals surface area contributed by atoms with Crippen molar-refractivity contribution < 1.29 is 0 Å². The number of aryl methyl sites for hydroxylation is 2. The molecule has 102 valence electrons. The molecule has 0 bridgehead atoms. The van der Waals surface area contributed by atoms with Gasteiger partial charge in [-0.3, -0.25) is 4.68 Å². The van der Waals surface area contributed by atoms with E-state index >= 15 is 0 Å². The highest BCUT2D eigenvalue weighted by atomic mass is 79.9. The van der Waals surface area contributed by atoms with E-state index in [9.17, 15) is 0 Å². The summed E-state index contributed by atoms with van der Waals surface area (Å²) in [5, 5.41) is 4.58. The zero-order valence-electron chi connectivity index (χ0n) is 11.5. The van der Waals surface area contributed by atoms with Gasteiger partial charge in [-0.2, -0.15) is 5.10 Å². The Kier molecular flexibility index (Phi) is 4.84. The molecule has 2 rings (SSSR count). The van der Waals surface area contributed by atoms with Crippen LogP contribution in [0, 0.1) is 11.8 Å². The zero-order chi connectivity index (χ0) is 13.1. The van der Waals surface area contributed by atoms with E-state index in [0.717, 1.165) is 25.3 Å². The molecule has 0 amide bonds. The quantitative estimate of drug-likeness (QED) is 0.928. The Morgan fingerprint density at radius 3 is 2.56 bits per heavy atom. The van der Waals surface area contributed by atoms with Gasteiger partial charge in [0, 0.05) is 7.05 Å². The van der Waals surface area contributed by atoms with Gasteiger partial charge in [0.2, 0.25) is 0 Å². The predicted molar refractivity (Wildman–Crippen MR) is 78.5 cm³/mol. The van der Waals surface area contributed by atoms with Crippen molar-refractivity contribution in [1.82, 2.24) is 9.78 Å². The Labute approximate surface area is 118 Å². The fourth-order valence-corrected chi connectivity index (χ4v) is 3.93. The first-order valence-electron chi connectivity index (χ1n) is 7.07. The summed E-state index contributed by atoms with van der Waals surface area (Å²) in [6.45, 7) is 2.99. The number of nitrogens with zero attached hydrogens (tertiary/aromatic N) is 2. The molecular formula is C14H24BrN3. The van der Waals surface area contributed by atoms with E-state index in [4.69, 9.17) is 5.73 Å². The van der Waals surface area contributed by atoms with Crippen molar-refractivity contribution in [2.75, 3.05) is 6.54 Å². The standard InChI is InChI=1S/C14H24BrN3/c1-3-12-14(15)13(18(2)17-12)8-10-6-4-5-7-11(10)9-16/h10-11H,3-9,16H2,1-2H3. The van der Waals surface area contributed by atoms with Crippen LogP contribution >= 0.6 is 15.9 Å². The molecule has 4 heteroatoms. The number of nitrogens with two attached hydrogens (primary N) is 1. The topological polar surface area (TPSA) is 43.8 Å². The van der Waals surface area contributed by atoms with Crippen molar-refractivity contribution in [2.45, 2.75) is 45.4 Å². The van der Waals surface area contributed by atoms with E-state index in [2.05, 4.69) is 35.0 Å². The van der Waals surface area contributed by atoms with E-state index in [0.29, 0.717) is 5.92 Å². The summed E-state index contributed by atoms with van der Waals surface area (Å²) < 4.78 is 3.26. The van der Waals surface area contributed by atoms with E-state index < -0.39 is 0 Å². The molecule has 1 fully saturated rings. The molecule has 2 atom stereocenters. The summed E-state index contributed by atoms with van der Waals surface area (Å²) in [4.78, 5) is 0. The van der Waals surface area contributed by atoms with Crippen LogP contribution < -0.4 is 5.73 Å². The number of aromatic nitrogens is 2. The van der Waals surface area contributed by atoms with Gasteiger partial charge in [0.05, 0.1) is 15.9 Å². The molecule has 3 nitrogen and oxygen atoms in total. The van der Waals surface area contributed by atoms with Gasteiger partial charge in [-0.15, -0.1) is 0 Å². The zero-order valence-corrected chi connectivity index (χ0v) is 13.0. The first-order chi connectivity index (χ1) is 8.67. The summed E-state index contributed by atoms with van der Waals surface area (Å²) in [7, 11) is 2.06. The van der Waals surface area contributed by atoms with Crippen LogP contribution in [0.15, 0.2) is 4.47 Å². The van der Waals surface area contributed by atoms with Crippen molar-refractivity contribution in [3.63, 3.8) is 0 Å². The molecule has 0 saturated heterocycles. The van der Waals surface area contributed by atoms with Crippen LogP contribution in [-0.2, 0) is 19.9 Å². The fraction of sp³-hybridized carbons (Fsp3) is 0.786. The number of hydrogen-bond acceptors (Lipinski definition) is 2. The average Bonchev–Trinajstić information content (AvgIpc) is 2.66. The molecule has 1 aliphatic rings. The van der Waals surface area contributed by atoms with Crippen LogP contribution in [0.3, 0.4) is 0 Å². The summed E-state index contributed by atoms with van der Waals surface area (Å²) in [6.07, 6.45) is 7.44. The first kappa shape index (κ1) is 14.1. The average molecular weight is 314 g/mol. The summed E-state index contributed by atoms with van der Waals surface area (Å²) >= 11 is 3.72. The Morgan fingerprint density at radius 1 is 1.33 bits per heavy atom. The van der Waals surface area contributed by atoms with E-state index in [-0.39, 0.29) is 0 Å². The van der Waals surface area contributed by atoms with Gasteiger partial charge in [0.25, 0.3) is 0 Å². The Hall–Kier alpha value is -0.350. The van der Waals surface area contributed by atoms with Gasteiger partial charge >= 0.3 is 0 Å². The number of rotatable bonds is 4. The summed E-state index contributed by atoms with van der Waals surface area (Å²) in [6, 6.07) is 0. The third-order valence-electron chi connectivity index (χ3n) is 4.33. The monoisotopic (exact) mass is 313 g/mol. The minimum atomic E-state index is 0.700. The molecule has 0 aromatic carbocycles. The minimum Gasteiger partial charge on any atom is -0.330 e. The molecule has 0 aliphatic heterocycles. The van der Waals surface area contributed by atoms with Gasteiger partial charge in [-0.1, -0.05) is 19.8 Å². The predicted octanol–water partition coefficient (Wildman–Crippen LogP) is 3.05. The molecule has 0 radical (unpaired) electrons. The largest absolute Gasteiger partial charge is 0.330 e. The smallest absolute Gasteiger partial charge is 0.0766 e. The second-order valence-electron chi connectivity index (χ2n) is 5.43. The van der Waals surface area contributed by atoms with Crippen LogP contribution in [0.2, 0.25) is 0 Å². The van der Waals surface area contributed by atoms with E-state index in [1.54, 1.807) is 0 Å². The normalized spacial score (nSPS) is 24.4. The van der Waals surface area contributed by atoms with Gasteiger partial charge in [-0.05, 0) is 60.0 Å². The Bertz CT molecular complexity index is 400. The summed E-state index contributed by atoms with van der Waals surface area (Å²) in [5.41, 5.74) is 8.44. The van der Waals surface area contributed by atoms with Crippen molar-refractivity contribution in [3.05, 3.63) is 15.9 Å². The SMILES string of the molecule is CCc1nn(C)c(CC2CCCCC2CN)c1Br. The lowest BCUT2D eigenvalue weighted by Crippen LogP contribution is -2.28. The van der Waals surface area contributed by atoms with Crippen molar-refractivity contribution >= 4 is 15.9 Å². The van der Waals surface area contributed by atoms with E-state index in [1.165, 1.54) is 41.5 Å². The lowest BCUT2D eigenvalue weighted by Gasteiger charge is -2.30. The van der Waals surface area contributed by atoms with Crippen molar-refractivity contribution in [3.8, 4) is 0 Å². The number of halogens is 1. The van der Waals surface area contributed by atoms with Gasteiger partial charge in [0.1, 0.15) is 0 Å². The highest BCUT2D eigenvalue weighted by Gasteiger charge is 2.26. The molecule has 1 saturated carbocycles. The molecule has 0 spiro atoms. The molecule has 1 aliphatic carbocycles. The van der Waals surface area contributed by atoms with Crippen LogP contribution in [0.4, 0.5) is 0 Å². The van der Waals surface area contributed by atoms with Gasteiger partial charge < -0.3 is 5.73 Å². The van der Waals surface area contributed by atoms with Gasteiger partial charge in [-0.25, -0.2) is 0 Å². The second kappa shape index (κ2) is 6.20. The molecule has 1 aromatic heterocycles. The highest BCUT2D eigenvalue weighted by molar-refractivity contribution is 9.10. The fourth-order valence-electron chi connectivity index (χ4n) is 3.15. The molecule has 1 aromatic rings. The lowest BCUT2D eigenvalue weighted by atomic mass is 9.77. The third-order valence-corrected chi connectivity index (χ3v) is 5.24. The maximum atomic E-state index is 5.92. The minimum absolute atomic E-state index is 0.700. The van der Waals surface area contributed by atoms with E-state index in [1.807, 2.05) is 4.68 Å². The maximum absolute atomic E-state index is 5.92. The Balaban J connectivity index is 2.15. The first-order valence-corrected chi connectivity index (χ1v) is 7.87. The second-order valence-corrected chi connectivity index (χ2v) is 6.22. The van der Waals surface area contributed by atoms with Crippen molar-refractivity contribution in [1.29, 1.82) is 0 Å². The molecule has 1 heterocycles. The lowest BCUT2D eigenvalue weighted by molar-refractivity contribution is 0.238. The van der Waals surface area contributed by atoms with Crippen LogP contribution in [0.25, 0.3) is 0 Å². The molecule has 2 unspecified atom stereocenters. The maximum Gasteiger partial charge on any atom is 0.0766 e. The Morgan fingerprint density at radius 2 is 2.00 bits per heavy atom. The highest BCUT2D eigenvalue weighted by Crippen LogP contribution is 2.34.